The number of amides is 2. The molecule has 0 spiro atoms. The van der Waals surface area contributed by atoms with Crippen LogP contribution in [-0.4, -0.2) is 52.4 Å². The minimum Gasteiger partial charge on any atom is -0.458 e. The van der Waals surface area contributed by atoms with Gasteiger partial charge >= 0.3 is 6.01 Å². The Morgan fingerprint density at radius 2 is 1.96 bits per heavy atom. The van der Waals surface area contributed by atoms with Crippen LogP contribution in [-0.2, 0) is 4.79 Å². The van der Waals surface area contributed by atoms with Crippen LogP contribution in [0.1, 0.15) is 16.8 Å². The van der Waals surface area contributed by atoms with Gasteiger partial charge in [0.2, 0.25) is 5.91 Å². The van der Waals surface area contributed by atoms with E-state index >= 15 is 0 Å². The highest BCUT2D eigenvalue weighted by atomic mass is 79.9. The molecule has 2 heterocycles. The number of likely N-dealkylation sites (tertiary alicyclic amines) is 1. The lowest BCUT2D eigenvalue weighted by Gasteiger charge is -2.17. The van der Waals surface area contributed by atoms with Crippen molar-refractivity contribution < 1.29 is 14.3 Å². The molecule has 1 fully saturated rings. The zero-order valence-electron chi connectivity index (χ0n) is 13.4. The highest BCUT2D eigenvalue weighted by Gasteiger charge is 2.28. The topological polar surface area (TPSA) is 84.4 Å². The second-order valence-corrected chi connectivity index (χ2v) is 6.52. The fourth-order valence-electron chi connectivity index (χ4n) is 2.52. The Kier molecular flexibility index (Phi) is 5.60. The van der Waals surface area contributed by atoms with Gasteiger partial charge in [-0.25, -0.2) is 9.97 Å². The molecule has 2 amide bonds. The summed E-state index contributed by atoms with van der Waals surface area (Å²) in [7, 11) is 0. The van der Waals surface area contributed by atoms with Gasteiger partial charge in [-0.15, -0.1) is 0 Å². The van der Waals surface area contributed by atoms with E-state index in [0.29, 0.717) is 31.1 Å². The molecule has 7 nitrogen and oxygen atoms in total. The first kappa shape index (κ1) is 17.3. The Hall–Kier alpha value is -2.48. The minimum atomic E-state index is -0.260. The minimum absolute atomic E-state index is 0.0325. The maximum atomic E-state index is 12.2. The van der Waals surface area contributed by atoms with Crippen molar-refractivity contribution in [2.45, 2.75) is 12.5 Å². The van der Waals surface area contributed by atoms with Crippen molar-refractivity contribution in [1.82, 2.24) is 20.2 Å². The first-order valence-corrected chi connectivity index (χ1v) is 8.66. The van der Waals surface area contributed by atoms with Crippen molar-refractivity contribution in [3.8, 4) is 6.01 Å². The number of hydrogen-bond donors (Lipinski definition) is 1. The summed E-state index contributed by atoms with van der Waals surface area (Å²) in [6.45, 7) is 1.01. The Bertz CT molecular complexity index is 739. The lowest BCUT2D eigenvalue weighted by atomic mass is 10.2. The molecule has 130 valence electrons. The van der Waals surface area contributed by atoms with E-state index in [-0.39, 0.29) is 24.5 Å². The molecular weight excluding hydrogens is 388 g/mol. The van der Waals surface area contributed by atoms with E-state index in [1.54, 1.807) is 41.6 Å². The summed E-state index contributed by atoms with van der Waals surface area (Å²) < 4.78 is 6.46. The Labute approximate surface area is 153 Å². The first-order chi connectivity index (χ1) is 12.1. The van der Waals surface area contributed by atoms with E-state index in [2.05, 4.69) is 31.2 Å². The number of ether oxygens (including phenoxy) is 1. The van der Waals surface area contributed by atoms with Crippen LogP contribution in [0.3, 0.4) is 0 Å². The fraction of sp³-hybridized carbons (Fsp3) is 0.294. The second kappa shape index (κ2) is 8.06. The van der Waals surface area contributed by atoms with E-state index in [1.165, 1.54) is 0 Å². The fourth-order valence-corrected chi connectivity index (χ4v) is 2.73. The first-order valence-electron chi connectivity index (χ1n) is 7.87. The van der Waals surface area contributed by atoms with E-state index in [4.69, 9.17) is 4.74 Å². The van der Waals surface area contributed by atoms with Gasteiger partial charge in [0.05, 0.1) is 17.6 Å². The predicted octanol–water partition coefficient (Wildman–Crippen LogP) is 1.65. The van der Waals surface area contributed by atoms with Crippen molar-refractivity contribution in [1.29, 1.82) is 0 Å². The molecule has 25 heavy (non-hydrogen) atoms. The molecule has 1 aliphatic heterocycles. The largest absolute Gasteiger partial charge is 0.458 e. The molecule has 1 aromatic heterocycles. The van der Waals surface area contributed by atoms with Crippen LogP contribution in [0.5, 0.6) is 6.01 Å². The molecule has 0 radical (unpaired) electrons. The van der Waals surface area contributed by atoms with Crippen LogP contribution in [0, 0.1) is 0 Å². The van der Waals surface area contributed by atoms with E-state index in [1.807, 2.05) is 6.07 Å². The summed E-state index contributed by atoms with van der Waals surface area (Å²) >= 11 is 3.26. The van der Waals surface area contributed by atoms with E-state index in [0.717, 1.165) is 4.47 Å². The Morgan fingerprint density at radius 1 is 1.24 bits per heavy atom. The van der Waals surface area contributed by atoms with Gasteiger partial charge in [-0.05, 0) is 28.1 Å². The van der Waals surface area contributed by atoms with Gasteiger partial charge < -0.3 is 15.0 Å². The zero-order chi connectivity index (χ0) is 17.6. The number of aromatic nitrogens is 2. The SMILES string of the molecule is O=C(NCC(=O)N1CCC(Oc2ncc(Br)cn2)C1)c1ccccc1. The number of hydrogen-bond acceptors (Lipinski definition) is 5. The van der Waals surface area contributed by atoms with Crippen molar-refractivity contribution in [2.24, 2.45) is 0 Å². The maximum Gasteiger partial charge on any atom is 0.316 e. The molecule has 8 heteroatoms. The van der Waals surface area contributed by atoms with Crippen molar-refractivity contribution in [2.75, 3.05) is 19.6 Å². The highest BCUT2D eigenvalue weighted by Crippen LogP contribution is 2.16. The maximum absolute atomic E-state index is 12.2. The number of carbonyl (C=O) groups is 2. The summed E-state index contributed by atoms with van der Waals surface area (Å²) in [5, 5.41) is 2.65. The third-order valence-corrected chi connectivity index (χ3v) is 4.21. The van der Waals surface area contributed by atoms with Gasteiger partial charge in [-0.2, -0.15) is 0 Å². The van der Waals surface area contributed by atoms with Gasteiger partial charge in [0, 0.05) is 30.9 Å². The normalized spacial score (nSPS) is 16.5. The van der Waals surface area contributed by atoms with Crippen molar-refractivity contribution in [3.05, 3.63) is 52.8 Å². The van der Waals surface area contributed by atoms with Crippen LogP contribution < -0.4 is 10.1 Å². The summed E-state index contributed by atoms with van der Waals surface area (Å²) in [6, 6.07) is 9.10. The van der Waals surface area contributed by atoms with Crippen LogP contribution in [0.4, 0.5) is 0 Å². The van der Waals surface area contributed by atoms with Crippen LogP contribution in [0.25, 0.3) is 0 Å². The number of rotatable bonds is 5. The average Bonchev–Trinajstić information content (AvgIpc) is 3.10. The predicted molar refractivity (Wildman–Crippen MR) is 94.1 cm³/mol. The van der Waals surface area contributed by atoms with Gasteiger partial charge in [-0.1, -0.05) is 18.2 Å². The van der Waals surface area contributed by atoms with Crippen molar-refractivity contribution in [3.63, 3.8) is 0 Å². The summed E-state index contributed by atoms with van der Waals surface area (Å²) in [6.07, 6.45) is 3.78. The summed E-state index contributed by atoms with van der Waals surface area (Å²) in [5.74, 6) is -0.392. The van der Waals surface area contributed by atoms with Crippen LogP contribution in [0.2, 0.25) is 0 Å². The van der Waals surface area contributed by atoms with E-state index in [9.17, 15) is 9.59 Å². The van der Waals surface area contributed by atoms with Gasteiger partial charge in [0.25, 0.3) is 5.91 Å². The monoisotopic (exact) mass is 404 g/mol. The molecule has 1 aromatic carbocycles. The van der Waals surface area contributed by atoms with E-state index < -0.39 is 0 Å². The Balaban J connectivity index is 1.46. The Morgan fingerprint density at radius 3 is 2.68 bits per heavy atom. The smallest absolute Gasteiger partial charge is 0.316 e. The number of carbonyl (C=O) groups excluding carboxylic acids is 2. The number of nitrogens with zero attached hydrogens (tertiary/aromatic N) is 3. The molecule has 1 unspecified atom stereocenters. The lowest BCUT2D eigenvalue weighted by molar-refractivity contribution is -0.129. The molecule has 1 atom stereocenters. The zero-order valence-corrected chi connectivity index (χ0v) is 15.0. The average molecular weight is 405 g/mol. The molecule has 0 bridgehead atoms. The second-order valence-electron chi connectivity index (χ2n) is 5.60. The third kappa shape index (κ3) is 4.76. The molecule has 3 rings (SSSR count). The van der Waals surface area contributed by atoms with Crippen LogP contribution in [0.15, 0.2) is 47.2 Å². The molecule has 1 aliphatic rings. The van der Waals surface area contributed by atoms with Crippen LogP contribution >= 0.6 is 15.9 Å². The lowest BCUT2D eigenvalue weighted by Crippen LogP contribution is -2.39. The number of halogens is 1. The third-order valence-electron chi connectivity index (χ3n) is 3.80. The molecule has 0 saturated carbocycles. The molecule has 2 aromatic rings. The quantitative estimate of drug-likeness (QED) is 0.818. The standard InChI is InChI=1S/C17H17BrN4O3/c18-13-8-20-17(21-9-13)25-14-6-7-22(11-14)15(23)10-19-16(24)12-4-2-1-3-5-12/h1-5,8-9,14H,6-7,10-11H2,(H,19,24). The molecule has 0 aliphatic carbocycles. The number of nitrogens with one attached hydrogen (secondary N) is 1. The van der Waals surface area contributed by atoms with Gasteiger partial charge in [-0.3, -0.25) is 9.59 Å². The van der Waals surface area contributed by atoms with Crippen molar-refractivity contribution >= 4 is 27.7 Å². The van der Waals surface area contributed by atoms with Gasteiger partial charge in [0.15, 0.2) is 0 Å². The molecule has 1 N–H and O–H groups in total. The number of benzene rings is 1. The summed E-state index contributed by atoms with van der Waals surface area (Å²) in [5.41, 5.74) is 0.533. The molecule has 1 saturated heterocycles. The molecular formula is C17H17BrN4O3. The van der Waals surface area contributed by atoms with Gasteiger partial charge in [0.1, 0.15) is 6.10 Å². The highest BCUT2D eigenvalue weighted by molar-refractivity contribution is 9.10. The summed E-state index contributed by atoms with van der Waals surface area (Å²) in [4.78, 5) is 34.0.